The van der Waals surface area contributed by atoms with Crippen LogP contribution >= 0.6 is 0 Å². The average Bonchev–Trinajstić information content (AvgIpc) is 2.18. The Bertz CT molecular complexity index is 132. The van der Waals surface area contributed by atoms with Gasteiger partial charge in [0.15, 0.2) is 0 Å². The van der Waals surface area contributed by atoms with E-state index in [1.807, 2.05) is 7.05 Å². The van der Waals surface area contributed by atoms with Crippen molar-refractivity contribution in [1.29, 1.82) is 0 Å². The van der Waals surface area contributed by atoms with Crippen molar-refractivity contribution in [2.24, 2.45) is 0 Å². The number of rotatable bonds is 3. The minimum atomic E-state index is 0.173. The highest BCUT2D eigenvalue weighted by Crippen LogP contribution is 2.31. The molecule has 0 bridgehead atoms. The lowest BCUT2D eigenvalue weighted by Crippen LogP contribution is -2.45. The number of ether oxygens (including phenoxy) is 1. The highest BCUT2D eigenvalue weighted by atomic mass is 16.5. The van der Waals surface area contributed by atoms with Gasteiger partial charge in [-0.3, -0.25) is 0 Å². The van der Waals surface area contributed by atoms with E-state index in [-0.39, 0.29) is 5.60 Å². The lowest BCUT2D eigenvalue weighted by Gasteiger charge is -2.39. The summed E-state index contributed by atoms with van der Waals surface area (Å²) in [6, 6.07) is 0.665. The molecule has 1 rings (SSSR count). The molecule has 1 atom stereocenters. The highest BCUT2D eigenvalue weighted by Gasteiger charge is 2.33. The monoisotopic (exact) mass is 171 g/mol. The molecule has 1 fully saturated rings. The normalized spacial score (nSPS) is 28.8. The van der Waals surface area contributed by atoms with Crippen LogP contribution in [0.15, 0.2) is 0 Å². The Morgan fingerprint density at radius 1 is 1.42 bits per heavy atom. The maximum absolute atomic E-state index is 5.86. The van der Waals surface area contributed by atoms with Gasteiger partial charge in [-0.1, -0.05) is 13.8 Å². The van der Waals surface area contributed by atoms with Gasteiger partial charge in [0.2, 0.25) is 0 Å². The molecule has 1 heterocycles. The number of nitrogens with one attached hydrogen (secondary N) is 1. The van der Waals surface area contributed by atoms with Gasteiger partial charge in [-0.05, 0) is 32.7 Å². The second-order valence-electron chi connectivity index (χ2n) is 3.72. The SMILES string of the molecule is CCC1(CC)CC(NC)CCO1. The minimum absolute atomic E-state index is 0.173. The summed E-state index contributed by atoms with van der Waals surface area (Å²) in [4.78, 5) is 0. The molecule has 2 nitrogen and oxygen atoms in total. The third kappa shape index (κ3) is 1.99. The molecule has 1 aliphatic rings. The van der Waals surface area contributed by atoms with Crippen LogP contribution in [0.2, 0.25) is 0 Å². The predicted molar refractivity (Wildman–Crippen MR) is 51.3 cm³/mol. The first-order chi connectivity index (χ1) is 5.76. The summed E-state index contributed by atoms with van der Waals surface area (Å²) in [6.07, 6.45) is 4.62. The summed E-state index contributed by atoms with van der Waals surface area (Å²) < 4.78 is 5.86. The van der Waals surface area contributed by atoms with E-state index in [0.29, 0.717) is 6.04 Å². The molecule has 1 aliphatic heterocycles. The summed E-state index contributed by atoms with van der Waals surface area (Å²) in [6.45, 7) is 5.37. The van der Waals surface area contributed by atoms with Crippen molar-refractivity contribution in [2.45, 2.75) is 51.2 Å². The quantitative estimate of drug-likeness (QED) is 0.700. The van der Waals surface area contributed by atoms with Gasteiger partial charge in [0.05, 0.1) is 5.60 Å². The Hall–Kier alpha value is -0.0800. The fourth-order valence-electron chi connectivity index (χ4n) is 2.02. The molecular formula is C10H21NO. The summed E-state index contributed by atoms with van der Waals surface area (Å²) in [5, 5.41) is 3.35. The van der Waals surface area contributed by atoms with E-state index >= 15 is 0 Å². The van der Waals surface area contributed by atoms with Crippen molar-refractivity contribution < 1.29 is 4.74 Å². The van der Waals surface area contributed by atoms with Crippen LogP contribution in [-0.4, -0.2) is 25.3 Å². The van der Waals surface area contributed by atoms with E-state index in [0.717, 1.165) is 25.9 Å². The Morgan fingerprint density at radius 2 is 2.08 bits per heavy atom. The maximum atomic E-state index is 5.86. The van der Waals surface area contributed by atoms with Gasteiger partial charge in [0.25, 0.3) is 0 Å². The van der Waals surface area contributed by atoms with Crippen molar-refractivity contribution in [1.82, 2.24) is 5.32 Å². The first-order valence-corrected chi connectivity index (χ1v) is 5.07. The van der Waals surface area contributed by atoms with Crippen LogP contribution in [0.3, 0.4) is 0 Å². The van der Waals surface area contributed by atoms with Crippen molar-refractivity contribution in [3.8, 4) is 0 Å². The lowest BCUT2D eigenvalue weighted by atomic mass is 9.86. The topological polar surface area (TPSA) is 21.3 Å². The van der Waals surface area contributed by atoms with Crippen LogP contribution in [0.5, 0.6) is 0 Å². The van der Waals surface area contributed by atoms with Crippen LogP contribution < -0.4 is 5.32 Å². The number of hydrogen-bond acceptors (Lipinski definition) is 2. The largest absolute Gasteiger partial charge is 0.375 e. The van der Waals surface area contributed by atoms with Crippen LogP contribution in [-0.2, 0) is 4.74 Å². The first kappa shape index (κ1) is 10.0. The third-order valence-corrected chi connectivity index (χ3v) is 3.19. The molecule has 2 heteroatoms. The van der Waals surface area contributed by atoms with E-state index in [2.05, 4.69) is 19.2 Å². The zero-order valence-electron chi connectivity index (χ0n) is 8.52. The zero-order chi connectivity index (χ0) is 9.03. The van der Waals surface area contributed by atoms with E-state index in [1.54, 1.807) is 0 Å². The van der Waals surface area contributed by atoms with Crippen LogP contribution in [0.1, 0.15) is 39.5 Å². The predicted octanol–water partition coefficient (Wildman–Crippen LogP) is 1.94. The Kier molecular flexibility index (Phi) is 3.53. The molecular weight excluding hydrogens is 150 g/mol. The molecule has 0 aromatic heterocycles. The summed E-state index contributed by atoms with van der Waals surface area (Å²) in [5.74, 6) is 0. The van der Waals surface area contributed by atoms with Gasteiger partial charge in [0.1, 0.15) is 0 Å². The molecule has 0 spiro atoms. The minimum Gasteiger partial charge on any atom is -0.375 e. The third-order valence-electron chi connectivity index (χ3n) is 3.19. The second kappa shape index (κ2) is 4.24. The van der Waals surface area contributed by atoms with E-state index < -0.39 is 0 Å². The van der Waals surface area contributed by atoms with Crippen molar-refractivity contribution >= 4 is 0 Å². The lowest BCUT2D eigenvalue weighted by molar-refractivity contribution is -0.0922. The Morgan fingerprint density at radius 3 is 2.58 bits per heavy atom. The molecule has 1 N–H and O–H groups in total. The van der Waals surface area contributed by atoms with Gasteiger partial charge in [-0.25, -0.2) is 0 Å². The van der Waals surface area contributed by atoms with E-state index in [1.165, 1.54) is 6.42 Å². The standard InChI is InChI=1S/C10H21NO/c1-4-10(5-2)8-9(11-3)6-7-12-10/h9,11H,4-8H2,1-3H3. The fraction of sp³-hybridized carbons (Fsp3) is 1.00. The van der Waals surface area contributed by atoms with Crippen molar-refractivity contribution in [3.05, 3.63) is 0 Å². The average molecular weight is 171 g/mol. The summed E-state index contributed by atoms with van der Waals surface area (Å²) in [5.41, 5.74) is 0.173. The van der Waals surface area contributed by atoms with Gasteiger partial charge in [0, 0.05) is 12.6 Å². The molecule has 1 unspecified atom stereocenters. The Balaban J connectivity index is 2.52. The van der Waals surface area contributed by atoms with Crippen LogP contribution in [0.25, 0.3) is 0 Å². The zero-order valence-corrected chi connectivity index (χ0v) is 8.52. The highest BCUT2D eigenvalue weighted by molar-refractivity contribution is 4.87. The molecule has 0 aromatic rings. The van der Waals surface area contributed by atoms with Gasteiger partial charge >= 0.3 is 0 Å². The second-order valence-corrected chi connectivity index (χ2v) is 3.72. The first-order valence-electron chi connectivity index (χ1n) is 5.07. The summed E-state index contributed by atoms with van der Waals surface area (Å²) >= 11 is 0. The van der Waals surface area contributed by atoms with E-state index in [9.17, 15) is 0 Å². The van der Waals surface area contributed by atoms with Gasteiger partial charge < -0.3 is 10.1 Å². The van der Waals surface area contributed by atoms with Crippen LogP contribution in [0.4, 0.5) is 0 Å². The molecule has 0 saturated carbocycles. The van der Waals surface area contributed by atoms with Crippen molar-refractivity contribution in [2.75, 3.05) is 13.7 Å². The Labute approximate surface area is 75.7 Å². The van der Waals surface area contributed by atoms with Gasteiger partial charge in [-0.15, -0.1) is 0 Å². The molecule has 0 aromatic carbocycles. The summed E-state index contributed by atoms with van der Waals surface area (Å²) in [7, 11) is 2.05. The number of hydrogen-bond donors (Lipinski definition) is 1. The molecule has 0 radical (unpaired) electrons. The van der Waals surface area contributed by atoms with Crippen LogP contribution in [0, 0.1) is 0 Å². The molecule has 12 heavy (non-hydrogen) atoms. The maximum Gasteiger partial charge on any atom is 0.0692 e. The molecule has 72 valence electrons. The fourth-order valence-corrected chi connectivity index (χ4v) is 2.02. The molecule has 0 aliphatic carbocycles. The van der Waals surface area contributed by atoms with E-state index in [4.69, 9.17) is 4.74 Å². The smallest absolute Gasteiger partial charge is 0.0692 e. The van der Waals surface area contributed by atoms with Gasteiger partial charge in [-0.2, -0.15) is 0 Å². The molecule has 0 amide bonds. The molecule has 1 saturated heterocycles. The van der Waals surface area contributed by atoms with Crippen molar-refractivity contribution in [3.63, 3.8) is 0 Å².